The van der Waals surface area contributed by atoms with Crippen LogP contribution in [0.15, 0.2) is 46.9 Å². The number of aryl methyl sites for hydroxylation is 1. The number of rotatable bonds is 6. The minimum absolute atomic E-state index is 0.220. The molecule has 2 aromatic rings. The van der Waals surface area contributed by atoms with Crippen molar-refractivity contribution in [3.8, 4) is 5.75 Å². The van der Waals surface area contributed by atoms with Crippen LogP contribution in [-0.2, 0) is 0 Å². The number of benzene rings is 2. The molecule has 0 fully saturated rings. The van der Waals surface area contributed by atoms with E-state index in [1.807, 2.05) is 25.1 Å². The molecule has 3 nitrogen and oxygen atoms in total. The van der Waals surface area contributed by atoms with Crippen LogP contribution in [0.2, 0.25) is 5.02 Å². The molecule has 0 aliphatic rings. The molecule has 0 amide bonds. The van der Waals surface area contributed by atoms with Gasteiger partial charge in [0.05, 0.1) is 0 Å². The number of nitrogens with one attached hydrogen (secondary N) is 1. The summed E-state index contributed by atoms with van der Waals surface area (Å²) in [5.41, 5.74) is 2.12. The lowest BCUT2D eigenvalue weighted by atomic mass is 10.2. The second kappa shape index (κ2) is 7.69. The Hall–Kier alpha value is -1.23. The second-order valence-corrected chi connectivity index (χ2v) is 6.07. The van der Waals surface area contributed by atoms with Gasteiger partial charge in [-0.05, 0) is 64.8 Å². The minimum Gasteiger partial charge on any atom is -0.491 e. The Kier molecular flexibility index (Phi) is 5.91. The fraction of sp³-hybridized carbons (Fsp3) is 0.250. The van der Waals surface area contributed by atoms with Crippen molar-refractivity contribution < 1.29 is 9.84 Å². The number of aliphatic hydroxyl groups is 1. The quantitative estimate of drug-likeness (QED) is 0.798. The van der Waals surface area contributed by atoms with Gasteiger partial charge < -0.3 is 15.2 Å². The standard InChI is InChI=1S/C16H17BrClNO2/c1-11-2-7-15(17)16(8-11)19-9-13(20)10-21-14-5-3-12(18)4-6-14/h2-8,13,19-20H,9-10H2,1H3. The molecule has 2 aromatic carbocycles. The van der Waals surface area contributed by atoms with Gasteiger partial charge in [-0.25, -0.2) is 0 Å². The average Bonchev–Trinajstić information content (AvgIpc) is 2.47. The number of ether oxygens (including phenoxy) is 1. The predicted octanol–water partition coefficient (Wildman–Crippen LogP) is 4.26. The molecule has 0 heterocycles. The highest BCUT2D eigenvalue weighted by Gasteiger charge is 2.07. The van der Waals surface area contributed by atoms with Crippen LogP contribution in [0.4, 0.5) is 5.69 Å². The molecule has 5 heteroatoms. The topological polar surface area (TPSA) is 41.5 Å². The molecule has 0 saturated heterocycles. The van der Waals surface area contributed by atoms with E-state index < -0.39 is 6.10 Å². The third kappa shape index (κ3) is 5.23. The molecule has 0 aliphatic carbocycles. The SMILES string of the molecule is Cc1ccc(Br)c(NCC(O)COc2ccc(Cl)cc2)c1. The smallest absolute Gasteiger partial charge is 0.119 e. The summed E-state index contributed by atoms with van der Waals surface area (Å²) in [4.78, 5) is 0. The molecule has 0 aliphatic heterocycles. The maximum Gasteiger partial charge on any atom is 0.119 e. The molecule has 0 aromatic heterocycles. The average molecular weight is 371 g/mol. The van der Waals surface area contributed by atoms with Gasteiger partial charge in [0.2, 0.25) is 0 Å². The summed E-state index contributed by atoms with van der Waals surface area (Å²) in [5, 5.41) is 13.8. The molecule has 0 radical (unpaired) electrons. The third-order valence-electron chi connectivity index (χ3n) is 2.91. The zero-order chi connectivity index (χ0) is 15.2. The third-order valence-corrected chi connectivity index (χ3v) is 3.85. The van der Waals surface area contributed by atoms with E-state index in [1.165, 1.54) is 0 Å². The number of anilines is 1. The summed E-state index contributed by atoms with van der Waals surface area (Å²) < 4.78 is 6.48. The van der Waals surface area contributed by atoms with Gasteiger partial charge in [0.15, 0.2) is 0 Å². The molecule has 112 valence electrons. The van der Waals surface area contributed by atoms with E-state index in [0.29, 0.717) is 17.3 Å². The Bertz CT molecular complexity index is 589. The maximum absolute atomic E-state index is 9.96. The van der Waals surface area contributed by atoms with E-state index in [-0.39, 0.29) is 6.61 Å². The lowest BCUT2D eigenvalue weighted by Gasteiger charge is -2.15. The number of halogens is 2. The number of aliphatic hydroxyl groups excluding tert-OH is 1. The molecule has 21 heavy (non-hydrogen) atoms. The molecular weight excluding hydrogens is 354 g/mol. The van der Waals surface area contributed by atoms with E-state index in [9.17, 15) is 5.11 Å². The highest BCUT2D eigenvalue weighted by Crippen LogP contribution is 2.23. The summed E-state index contributed by atoms with van der Waals surface area (Å²) >= 11 is 9.28. The second-order valence-electron chi connectivity index (χ2n) is 4.78. The van der Waals surface area contributed by atoms with Crippen LogP contribution < -0.4 is 10.1 Å². The van der Waals surface area contributed by atoms with Gasteiger partial charge in [0.1, 0.15) is 18.5 Å². The number of hydrogen-bond acceptors (Lipinski definition) is 3. The summed E-state index contributed by atoms with van der Waals surface area (Å²) in [7, 11) is 0. The fourth-order valence-corrected chi connectivity index (χ4v) is 2.30. The van der Waals surface area contributed by atoms with Crippen LogP contribution in [0.25, 0.3) is 0 Å². The molecule has 2 N–H and O–H groups in total. The highest BCUT2D eigenvalue weighted by atomic mass is 79.9. The van der Waals surface area contributed by atoms with Gasteiger partial charge in [-0.15, -0.1) is 0 Å². The van der Waals surface area contributed by atoms with Crippen molar-refractivity contribution in [2.75, 3.05) is 18.5 Å². The van der Waals surface area contributed by atoms with E-state index in [2.05, 4.69) is 21.2 Å². The van der Waals surface area contributed by atoms with Gasteiger partial charge in [0.25, 0.3) is 0 Å². The summed E-state index contributed by atoms with van der Waals surface area (Å²) in [6, 6.07) is 13.1. The summed E-state index contributed by atoms with van der Waals surface area (Å²) in [6.07, 6.45) is -0.604. The van der Waals surface area contributed by atoms with Gasteiger partial charge in [-0.3, -0.25) is 0 Å². The van der Waals surface area contributed by atoms with Crippen molar-refractivity contribution in [1.29, 1.82) is 0 Å². The van der Waals surface area contributed by atoms with Gasteiger partial charge in [0, 0.05) is 21.7 Å². The zero-order valence-corrected chi connectivity index (χ0v) is 14.0. The van der Waals surface area contributed by atoms with Crippen molar-refractivity contribution in [3.63, 3.8) is 0 Å². The molecular formula is C16H17BrClNO2. The monoisotopic (exact) mass is 369 g/mol. The summed E-state index contributed by atoms with van der Waals surface area (Å²) in [5.74, 6) is 0.690. The fourth-order valence-electron chi connectivity index (χ4n) is 1.78. The molecule has 0 bridgehead atoms. The number of hydrogen-bond donors (Lipinski definition) is 2. The van der Waals surface area contributed by atoms with Crippen LogP contribution in [-0.4, -0.2) is 24.4 Å². The van der Waals surface area contributed by atoms with Crippen LogP contribution in [0.1, 0.15) is 5.56 Å². The van der Waals surface area contributed by atoms with Crippen LogP contribution in [0.3, 0.4) is 0 Å². The van der Waals surface area contributed by atoms with Crippen molar-refractivity contribution in [2.24, 2.45) is 0 Å². The van der Waals surface area contributed by atoms with Gasteiger partial charge >= 0.3 is 0 Å². The maximum atomic E-state index is 9.96. The molecule has 1 atom stereocenters. The Morgan fingerprint density at radius 1 is 1.24 bits per heavy atom. The normalized spacial score (nSPS) is 12.0. The van der Waals surface area contributed by atoms with Crippen LogP contribution in [0.5, 0.6) is 5.75 Å². The van der Waals surface area contributed by atoms with Crippen molar-refractivity contribution in [2.45, 2.75) is 13.0 Å². The first-order chi connectivity index (χ1) is 10.0. The Balaban J connectivity index is 1.80. The first-order valence-electron chi connectivity index (χ1n) is 6.61. The molecule has 1 unspecified atom stereocenters. The van der Waals surface area contributed by atoms with Gasteiger partial charge in [-0.1, -0.05) is 17.7 Å². The largest absolute Gasteiger partial charge is 0.491 e. The van der Waals surface area contributed by atoms with Crippen molar-refractivity contribution >= 4 is 33.2 Å². The highest BCUT2D eigenvalue weighted by molar-refractivity contribution is 9.10. The predicted molar refractivity (Wildman–Crippen MR) is 90.3 cm³/mol. The zero-order valence-electron chi connectivity index (χ0n) is 11.6. The summed E-state index contributed by atoms with van der Waals surface area (Å²) in [6.45, 7) is 2.66. The van der Waals surface area contributed by atoms with Crippen LogP contribution in [0, 0.1) is 6.92 Å². The van der Waals surface area contributed by atoms with E-state index in [1.54, 1.807) is 24.3 Å². The van der Waals surface area contributed by atoms with E-state index >= 15 is 0 Å². The first kappa shape index (κ1) is 16.1. The minimum atomic E-state index is -0.604. The Labute approximate surface area is 138 Å². The molecule has 2 rings (SSSR count). The van der Waals surface area contributed by atoms with Gasteiger partial charge in [-0.2, -0.15) is 0 Å². The molecule has 0 spiro atoms. The lowest BCUT2D eigenvalue weighted by molar-refractivity contribution is 0.117. The molecule has 0 saturated carbocycles. The Morgan fingerprint density at radius 2 is 1.95 bits per heavy atom. The Morgan fingerprint density at radius 3 is 2.67 bits per heavy atom. The van der Waals surface area contributed by atoms with Crippen molar-refractivity contribution in [3.05, 3.63) is 57.5 Å². The lowest BCUT2D eigenvalue weighted by Crippen LogP contribution is -2.26. The van der Waals surface area contributed by atoms with Crippen molar-refractivity contribution in [1.82, 2.24) is 0 Å². The van der Waals surface area contributed by atoms with E-state index in [4.69, 9.17) is 16.3 Å². The first-order valence-corrected chi connectivity index (χ1v) is 7.78. The van der Waals surface area contributed by atoms with E-state index in [0.717, 1.165) is 15.7 Å². The van der Waals surface area contributed by atoms with Crippen LogP contribution >= 0.6 is 27.5 Å².